The van der Waals surface area contributed by atoms with Crippen molar-refractivity contribution in [3.8, 4) is 11.5 Å². The first-order chi connectivity index (χ1) is 9.69. The van der Waals surface area contributed by atoms with Gasteiger partial charge in [0, 0.05) is 0 Å². The van der Waals surface area contributed by atoms with E-state index in [1.165, 1.54) is 0 Å². The molecule has 0 radical (unpaired) electrons. The zero-order valence-electron chi connectivity index (χ0n) is 11.2. The molecule has 104 valence electrons. The molecule has 4 heteroatoms. The van der Waals surface area contributed by atoms with Gasteiger partial charge in [-0.2, -0.15) is 0 Å². The molecule has 0 aliphatic carbocycles. The average Bonchev–Trinajstić information content (AvgIpc) is 2.46. The molecule has 20 heavy (non-hydrogen) atoms. The van der Waals surface area contributed by atoms with Crippen molar-refractivity contribution in [1.29, 1.82) is 0 Å². The van der Waals surface area contributed by atoms with E-state index >= 15 is 0 Å². The van der Waals surface area contributed by atoms with Gasteiger partial charge in [-0.15, -0.1) is 0 Å². The summed E-state index contributed by atoms with van der Waals surface area (Å²) in [4.78, 5) is 11.5. The second-order valence-corrected chi connectivity index (χ2v) is 4.20. The van der Waals surface area contributed by atoms with Gasteiger partial charge < -0.3 is 14.6 Å². The summed E-state index contributed by atoms with van der Waals surface area (Å²) in [5.41, 5.74) is 1.37. The third-order valence-electron chi connectivity index (χ3n) is 2.68. The SMILES string of the molecule is CCOC(=O)c1ccc(OCc2cccc(O)c2)cc1. The van der Waals surface area contributed by atoms with Crippen LogP contribution in [0.25, 0.3) is 0 Å². The highest BCUT2D eigenvalue weighted by atomic mass is 16.5. The summed E-state index contributed by atoms with van der Waals surface area (Å²) in [5, 5.41) is 9.35. The highest BCUT2D eigenvalue weighted by Gasteiger charge is 2.06. The summed E-state index contributed by atoms with van der Waals surface area (Å²) in [7, 11) is 0. The van der Waals surface area contributed by atoms with Crippen LogP contribution in [-0.4, -0.2) is 17.7 Å². The zero-order valence-corrected chi connectivity index (χ0v) is 11.2. The van der Waals surface area contributed by atoms with E-state index in [4.69, 9.17) is 9.47 Å². The number of hydrogen-bond donors (Lipinski definition) is 1. The Balaban J connectivity index is 1.95. The second-order valence-electron chi connectivity index (χ2n) is 4.20. The monoisotopic (exact) mass is 272 g/mol. The maximum absolute atomic E-state index is 11.5. The predicted molar refractivity (Wildman–Crippen MR) is 74.8 cm³/mol. The Morgan fingerprint density at radius 2 is 1.90 bits per heavy atom. The lowest BCUT2D eigenvalue weighted by molar-refractivity contribution is 0.0526. The Morgan fingerprint density at radius 3 is 2.55 bits per heavy atom. The molecule has 0 amide bonds. The van der Waals surface area contributed by atoms with E-state index in [0.717, 1.165) is 5.56 Å². The maximum Gasteiger partial charge on any atom is 0.338 e. The number of ether oxygens (including phenoxy) is 2. The summed E-state index contributed by atoms with van der Waals surface area (Å²) < 4.78 is 10.5. The normalized spacial score (nSPS) is 10.1. The number of hydrogen-bond acceptors (Lipinski definition) is 4. The third-order valence-corrected chi connectivity index (χ3v) is 2.68. The van der Waals surface area contributed by atoms with Crippen molar-refractivity contribution in [3.05, 3.63) is 59.7 Å². The molecule has 0 fully saturated rings. The Hall–Kier alpha value is -2.49. The Labute approximate surface area is 117 Å². The molecule has 0 bridgehead atoms. The molecule has 1 N–H and O–H groups in total. The van der Waals surface area contributed by atoms with E-state index < -0.39 is 0 Å². The molecule has 0 saturated carbocycles. The minimum absolute atomic E-state index is 0.212. The Kier molecular flexibility index (Phi) is 4.60. The van der Waals surface area contributed by atoms with Gasteiger partial charge in [0.1, 0.15) is 18.1 Å². The fourth-order valence-corrected chi connectivity index (χ4v) is 1.71. The first-order valence-corrected chi connectivity index (χ1v) is 6.37. The van der Waals surface area contributed by atoms with Crippen molar-refractivity contribution in [2.75, 3.05) is 6.61 Å². The van der Waals surface area contributed by atoms with Gasteiger partial charge in [-0.1, -0.05) is 12.1 Å². The van der Waals surface area contributed by atoms with Crippen LogP contribution in [0.4, 0.5) is 0 Å². The summed E-state index contributed by atoms with van der Waals surface area (Å²) in [5.74, 6) is 0.525. The van der Waals surface area contributed by atoms with E-state index in [2.05, 4.69) is 0 Å². The molecule has 0 unspecified atom stereocenters. The second kappa shape index (κ2) is 6.61. The first kappa shape index (κ1) is 13.9. The number of phenols is 1. The Morgan fingerprint density at radius 1 is 1.15 bits per heavy atom. The van der Waals surface area contributed by atoms with Gasteiger partial charge in [-0.05, 0) is 48.9 Å². The van der Waals surface area contributed by atoms with Crippen molar-refractivity contribution in [2.24, 2.45) is 0 Å². The van der Waals surface area contributed by atoms with Gasteiger partial charge >= 0.3 is 5.97 Å². The molecular weight excluding hydrogens is 256 g/mol. The molecule has 0 aliphatic rings. The van der Waals surface area contributed by atoms with Crippen LogP contribution >= 0.6 is 0 Å². The molecule has 0 aromatic heterocycles. The summed E-state index contributed by atoms with van der Waals surface area (Å²) >= 11 is 0. The lowest BCUT2D eigenvalue weighted by atomic mass is 10.2. The number of benzene rings is 2. The molecule has 0 heterocycles. The van der Waals surface area contributed by atoms with Gasteiger partial charge in [-0.25, -0.2) is 4.79 Å². The van der Waals surface area contributed by atoms with Gasteiger partial charge in [0.15, 0.2) is 0 Å². The van der Waals surface area contributed by atoms with Crippen LogP contribution in [0.15, 0.2) is 48.5 Å². The molecule has 0 atom stereocenters. The van der Waals surface area contributed by atoms with Crippen LogP contribution in [-0.2, 0) is 11.3 Å². The fraction of sp³-hybridized carbons (Fsp3) is 0.188. The van der Waals surface area contributed by atoms with E-state index in [9.17, 15) is 9.90 Å². The highest BCUT2D eigenvalue weighted by Crippen LogP contribution is 2.16. The van der Waals surface area contributed by atoms with Crippen LogP contribution in [0.5, 0.6) is 11.5 Å². The molecule has 2 rings (SSSR count). The molecular formula is C16H16O4. The van der Waals surface area contributed by atoms with Gasteiger partial charge in [0.2, 0.25) is 0 Å². The van der Waals surface area contributed by atoms with Crippen LogP contribution in [0.1, 0.15) is 22.8 Å². The van der Waals surface area contributed by atoms with E-state index in [1.807, 2.05) is 6.07 Å². The van der Waals surface area contributed by atoms with Crippen molar-refractivity contribution >= 4 is 5.97 Å². The number of esters is 1. The van der Waals surface area contributed by atoms with Gasteiger partial charge in [-0.3, -0.25) is 0 Å². The standard InChI is InChI=1S/C16H16O4/c1-2-19-16(18)13-6-8-15(9-7-13)20-11-12-4-3-5-14(17)10-12/h3-10,17H,2,11H2,1H3. The van der Waals surface area contributed by atoms with E-state index in [1.54, 1.807) is 49.4 Å². The third kappa shape index (κ3) is 3.75. The predicted octanol–water partition coefficient (Wildman–Crippen LogP) is 3.15. The maximum atomic E-state index is 11.5. The molecule has 2 aromatic rings. The smallest absolute Gasteiger partial charge is 0.338 e. The van der Waals surface area contributed by atoms with E-state index in [0.29, 0.717) is 24.5 Å². The van der Waals surface area contributed by atoms with Crippen LogP contribution < -0.4 is 4.74 Å². The fourth-order valence-electron chi connectivity index (χ4n) is 1.71. The number of aromatic hydroxyl groups is 1. The number of rotatable bonds is 5. The van der Waals surface area contributed by atoms with Gasteiger partial charge in [0.05, 0.1) is 12.2 Å². The number of carbonyl (C=O) groups excluding carboxylic acids is 1. The highest BCUT2D eigenvalue weighted by molar-refractivity contribution is 5.89. The number of carbonyl (C=O) groups is 1. The molecule has 2 aromatic carbocycles. The number of phenolic OH excluding ortho intramolecular Hbond substituents is 1. The van der Waals surface area contributed by atoms with Crippen molar-refractivity contribution in [3.63, 3.8) is 0 Å². The Bertz CT molecular complexity index is 575. The summed E-state index contributed by atoms with van der Waals surface area (Å²) in [6.07, 6.45) is 0. The zero-order chi connectivity index (χ0) is 14.4. The molecule has 0 aliphatic heterocycles. The van der Waals surface area contributed by atoms with Crippen molar-refractivity contribution < 1.29 is 19.4 Å². The first-order valence-electron chi connectivity index (χ1n) is 6.37. The van der Waals surface area contributed by atoms with Gasteiger partial charge in [0.25, 0.3) is 0 Å². The molecule has 0 spiro atoms. The van der Waals surface area contributed by atoms with Crippen molar-refractivity contribution in [2.45, 2.75) is 13.5 Å². The lowest BCUT2D eigenvalue weighted by Crippen LogP contribution is -2.04. The lowest BCUT2D eigenvalue weighted by Gasteiger charge is -2.07. The minimum atomic E-state index is -0.341. The molecule has 0 saturated heterocycles. The molecule has 4 nitrogen and oxygen atoms in total. The summed E-state index contributed by atoms with van der Waals surface area (Å²) in [6, 6.07) is 13.6. The topological polar surface area (TPSA) is 55.8 Å². The quantitative estimate of drug-likeness (QED) is 0.849. The van der Waals surface area contributed by atoms with E-state index in [-0.39, 0.29) is 11.7 Å². The van der Waals surface area contributed by atoms with Crippen LogP contribution in [0.2, 0.25) is 0 Å². The van der Waals surface area contributed by atoms with Crippen LogP contribution in [0.3, 0.4) is 0 Å². The minimum Gasteiger partial charge on any atom is -0.508 e. The van der Waals surface area contributed by atoms with Crippen LogP contribution in [0, 0.1) is 0 Å². The van der Waals surface area contributed by atoms with Crippen molar-refractivity contribution in [1.82, 2.24) is 0 Å². The largest absolute Gasteiger partial charge is 0.508 e. The average molecular weight is 272 g/mol. The summed E-state index contributed by atoms with van der Waals surface area (Å²) in [6.45, 7) is 2.48.